The molecule has 0 atom stereocenters. The SMILES string of the molecule is OCc1cc(I)cnc1Cl. The highest BCUT2D eigenvalue weighted by Gasteiger charge is 1.99. The molecule has 0 bridgehead atoms. The van der Waals surface area contributed by atoms with Crippen LogP contribution in [-0.2, 0) is 6.61 Å². The molecule has 1 aromatic heterocycles. The summed E-state index contributed by atoms with van der Waals surface area (Å²) in [5.41, 5.74) is 0.675. The summed E-state index contributed by atoms with van der Waals surface area (Å²) in [7, 11) is 0. The molecule has 1 heterocycles. The zero-order valence-electron chi connectivity index (χ0n) is 5.01. The van der Waals surface area contributed by atoms with Crippen molar-refractivity contribution in [1.82, 2.24) is 4.98 Å². The maximum Gasteiger partial charge on any atom is 0.134 e. The lowest BCUT2D eigenvalue weighted by atomic mass is 10.3. The van der Waals surface area contributed by atoms with Crippen LogP contribution in [0.5, 0.6) is 0 Å². The van der Waals surface area contributed by atoms with Crippen LogP contribution >= 0.6 is 34.2 Å². The predicted molar refractivity (Wildman–Crippen MR) is 47.9 cm³/mol. The molecule has 0 aromatic carbocycles. The van der Waals surface area contributed by atoms with E-state index in [2.05, 4.69) is 27.6 Å². The van der Waals surface area contributed by atoms with Crippen molar-refractivity contribution in [2.45, 2.75) is 6.61 Å². The highest BCUT2D eigenvalue weighted by atomic mass is 127. The van der Waals surface area contributed by atoms with Crippen molar-refractivity contribution in [2.24, 2.45) is 0 Å². The summed E-state index contributed by atoms with van der Waals surface area (Å²) in [6.45, 7) is -0.0529. The van der Waals surface area contributed by atoms with E-state index >= 15 is 0 Å². The highest BCUT2D eigenvalue weighted by Crippen LogP contribution is 2.14. The van der Waals surface area contributed by atoms with Gasteiger partial charge in [-0.1, -0.05) is 11.6 Å². The first-order valence-corrected chi connectivity index (χ1v) is 4.10. The molecule has 0 amide bonds. The fraction of sp³-hybridized carbons (Fsp3) is 0.167. The minimum Gasteiger partial charge on any atom is -0.392 e. The van der Waals surface area contributed by atoms with E-state index in [-0.39, 0.29) is 6.61 Å². The second-order valence-corrected chi connectivity index (χ2v) is 3.37. The lowest BCUT2D eigenvalue weighted by Gasteiger charge is -1.97. The molecule has 0 unspecified atom stereocenters. The standard InChI is InChI=1S/C6H5ClINO/c7-6-4(3-10)1-5(8)2-9-6/h1-2,10H,3H2. The van der Waals surface area contributed by atoms with Gasteiger partial charge in [-0.05, 0) is 28.7 Å². The minimum atomic E-state index is -0.0529. The van der Waals surface area contributed by atoms with Gasteiger partial charge in [0.05, 0.1) is 6.61 Å². The zero-order valence-corrected chi connectivity index (χ0v) is 7.93. The van der Waals surface area contributed by atoms with Crippen molar-refractivity contribution < 1.29 is 5.11 Å². The van der Waals surface area contributed by atoms with E-state index < -0.39 is 0 Å². The van der Waals surface area contributed by atoms with Gasteiger partial charge in [0.15, 0.2) is 0 Å². The molecule has 0 aliphatic carbocycles. The molecular weight excluding hydrogens is 264 g/mol. The Morgan fingerprint density at radius 2 is 2.40 bits per heavy atom. The minimum absolute atomic E-state index is 0.0529. The van der Waals surface area contributed by atoms with Crippen molar-refractivity contribution in [3.8, 4) is 0 Å². The van der Waals surface area contributed by atoms with Gasteiger partial charge in [-0.2, -0.15) is 0 Å². The van der Waals surface area contributed by atoms with Crippen LogP contribution in [0.2, 0.25) is 5.15 Å². The Labute approximate surface area is 77.4 Å². The van der Waals surface area contributed by atoms with Gasteiger partial charge in [0.2, 0.25) is 0 Å². The van der Waals surface area contributed by atoms with Crippen LogP contribution in [0.4, 0.5) is 0 Å². The van der Waals surface area contributed by atoms with Crippen molar-refractivity contribution in [3.05, 3.63) is 26.5 Å². The van der Waals surface area contributed by atoms with Crippen LogP contribution in [0.3, 0.4) is 0 Å². The van der Waals surface area contributed by atoms with Gasteiger partial charge in [-0.3, -0.25) is 0 Å². The van der Waals surface area contributed by atoms with Crippen LogP contribution in [0.15, 0.2) is 12.3 Å². The Bertz CT molecular complexity index is 241. The van der Waals surface area contributed by atoms with E-state index in [0.717, 1.165) is 3.57 Å². The molecule has 0 spiro atoms. The molecular formula is C6H5ClINO. The number of pyridine rings is 1. The maximum atomic E-state index is 8.72. The number of halogens is 2. The predicted octanol–water partition coefficient (Wildman–Crippen LogP) is 1.83. The second kappa shape index (κ2) is 3.50. The fourth-order valence-electron chi connectivity index (χ4n) is 0.575. The Kier molecular flexibility index (Phi) is 2.88. The Hall–Kier alpha value is 0.130. The average Bonchev–Trinajstić information content (AvgIpc) is 1.94. The summed E-state index contributed by atoms with van der Waals surface area (Å²) < 4.78 is 0.978. The number of aliphatic hydroxyl groups excluding tert-OH is 1. The van der Waals surface area contributed by atoms with Gasteiger partial charge in [0, 0.05) is 15.3 Å². The first-order chi connectivity index (χ1) is 4.74. The topological polar surface area (TPSA) is 33.1 Å². The molecule has 0 saturated heterocycles. The first-order valence-electron chi connectivity index (χ1n) is 2.65. The summed E-state index contributed by atoms with van der Waals surface area (Å²) in [5, 5.41) is 9.09. The van der Waals surface area contributed by atoms with E-state index in [9.17, 15) is 0 Å². The van der Waals surface area contributed by atoms with Crippen LogP contribution in [-0.4, -0.2) is 10.1 Å². The third-order valence-electron chi connectivity index (χ3n) is 1.05. The Balaban J connectivity index is 3.09. The summed E-state index contributed by atoms with van der Waals surface area (Å²) in [4.78, 5) is 3.85. The molecule has 0 fully saturated rings. The van der Waals surface area contributed by atoms with E-state index in [1.807, 2.05) is 0 Å². The third kappa shape index (κ3) is 1.81. The molecule has 0 radical (unpaired) electrons. The number of aliphatic hydroxyl groups is 1. The maximum absolute atomic E-state index is 8.72. The highest BCUT2D eigenvalue weighted by molar-refractivity contribution is 14.1. The molecule has 4 heteroatoms. The van der Waals surface area contributed by atoms with Crippen molar-refractivity contribution >= 4 is 34.2 Å². The number of aromatic nitrogens is 1. The molecule has 2 nitrogen and oxygen atoms in total. The summed E-state index contributed by atoms with van der Waals surface area (Å²) >= 11 is 7.74. The van der Waals surface area contributed by atoms with Crippen LogP contribution < -0.4 is 0 Å². The monoisotopic (exact) mass is 269 g/mol. The number of nitrogens with zero attached hydrogens (tertiary/aromatic N) is 1. The molecule has 54 valence electrons. The van der Waals surface area contributed by atoms with Crippen LogP contribution in [0, 0.1) is 3.57 Å². The quantitative estimate of drug-likeness (QED) is 0.623. The van der Waals surface area contributed by atoms with Gasteiger partial charge in [0.25, 0.3) is 0 Å². The van der Waals surface area contributed by atoms with Gasteiger partial charge in [-0.15, -0.1) is 0 Å². The van der Waals surface area contributed by atoms with Gasteiger partial charge in [0.1, 0.15) is 5.15 Å². The van der Waals surface area contributed by atoms with Crippen molar-refractivity contribution in [2.75, 3.05) is 0 Å². The molecule has 10 heavy (non-hydrogen) atoms. The van der Waals surface area contributed by atoms with E-state index in [0.29, 0.717) is 10.7 Å². The van der Waals surface area contributed by atoms with E-state index in [1.54, 1.807) is 12.3 Å². The Morgan fingerprint density at radius 3 is 2.90 bits per heavy atom. The summed E-state index contributed by atoms with van der Waals surface area (Å²) in [5.74, 6) is 0. The second-order valence-electron chi connectivity index (χ2n) is 1.76. The number of hydrogen-bond donors (Lipinski definition) is 1. The van der Waals surface area contributed by atoms with Gasteiger partial charge in [-0.25, -0.2) is 4.98 Å². The molecule has 1 aromatic rings. The molecule has 0 aliphatic heterocycles. The van der Waals surface area contributed by atoms with E-state index in [1.165, 1.54) is 0 Å². The smallest absolute Gasteiger partial charge is 0.134 e. The van der Waals surface area contributed by atoms with Crippen molar-refractivity contribution in [1.29, 1.82) is 0 Å². The summed E-state index contributed by atoms with van der Waals surface area (Å²) in [6.07, 6.45) is 1.65. The number of rotatable bonds is 1. The Morgan fingerprint density at radius 1 is 1.70 bits per heavy atom. The van der Waals surface area contributed by atoms with Crippen LogP contribution in [0.1, 0.15) is 5.56 Å². The summed E-state index contributed by atoms with van der Waals surface area (Å²) in [6, 6.07) is 1.80. The van der Waals surface area contributed by atoms with Crippen LogP contribution in [0.25, 0.3) is 0 Å². The third-order valence-corrected chi connectivity index (χ3v) is 1.98. The van der Waals surface area contributed by atoms with E-state index in [4.69, 9.17) is 16.7 Å². The number of hydrogen-bond acceptors (Lipinski definition) is 2. The molecule has 1 N–H and O–H groups in total. The molecule has 0 saturated carbocycles. The van der Waals surface area contributed by atoms with Gasteiger partial charge < -0.3 is 5.11 Å². The molecule has 1 rings (SSSR count). The largest absolute Gasteiger partial charge is 0.392 e. The fourth-order valence-corrected chi connectivity index (χ4v) is 1.25. The molecule has 0 aliphatic rings. The van der Waals surface area contributed by atoms with Crippen molar-refractivity contribution in [3.63, 3.8) is 0 Å². The lowest BCUT2D eigenvalue weighted by molar-refractivity contribution is 0.281. The average molecular weight is 269 g/mol. The van der Waals surface area contributed by atoms with Gasteiger partial charge >= 0.3 is 0 Å². The zero-order chi connectivity index (χ0) is 7.56. The lowest BCUT2D eigenvalue weighted by Crippen LogP contribution is -1.88. The normalized spacial score (nSPS) is 9.90. The first kappa shape index (κ1) is 8.23.